The first kappa shape index (κ1) is 18.7. The van der Waals surface area contributed by atoms with Gasteiger partial charge in [-0.25, -0.2) is 0 Å². The molecule has 2 N–H and O–H groups in total. The number of nitrogens with one attached hydrogen (secondary N) is 1. The lowest BCUT2D eigenvalue weighted by molar-refractivity contribution is -0.151. The van der Waals surface area contributed by atoms with Crippen molar-refractivity contribution in [2.45, 2.75) is 51.5 Å². The highest BCUT2D eigenvalue weighted by Gasteiger charge is 2.46. The minimum atomic E-state index is -1.01. The molecule has 0 bridgehead atoms. The van der Waals surface area contributed by atoms with E-state index in [2.05, 4.69) is 5.32 Å². The van der Waals surface area contributed by atoms with E-state index in [4.69, 9.17) is 4.74 Å². The van der Waals surface area contributed by atoms with Crippen LogP contribution in [0.25, 0.3) is 0 Å². The lowest BCUT2D eigenvalue weighted by Gasteiger charge is -2.25. The van der Waals surface area contributed by atoms with Gasteiger partial charge in [0, 0.05) is 38.6 Å². The zero-order valence-corrected chi connectivity index (χ0v) is 14.5. The molecule has 2 aliphatic rings. The van der Waals surface area contributed by atoms with Crippen LogP contribution in [0.2, 0.25) is 0 Å². The fourth-order valence-corrected chi connectivity index (χ4v) is 3.71. The summed E-state index contributed by atoms with van der Waals surface area (Å²) in [5, 5.41) is 12.4. The number of ether oxygens (including phenoxy) is 1. The van der Waals surface area contributed by atoms with Crippen molar-refractivity contribution in [3.63, 3.8) is 0 Å². The van der Waals surface area contributed by atoms with E-state index in [-0.39, 0.29) is 43.3 Å². The van der Waals surface area contributed by atoms with Crippen molar-refractivity contribution in [3.8, 4) is 0 Å². The number of carboxylic acids is 1. The number of nitrogens with zero attached hydrogens (tertiary/aromatic N) is 1. The Balaban J connectivity index is 1.83. The second-order valence-electron chi connectivity index (χ2n) is 7.18. The molecule has 1 heterocycles. The molecule has 2 fully saturated rings. The van der Waals surface area contributed by atoms with Gasteiger partial charge < -0.3 is 20.1 Å². The van der Waals surface area contributed by atoms with Gasteiger partial charge in [0.2, 0.25) is 11.8 Å². The van der Waals surface area contributed by atoms with Crippen molar-refractivity contribution >= 4 is 17.8 Å². The van der Waals surface area contributed by atoms with E-state index in [1.54, 1.807) is 4.90 Å². The Kier molecular flexibility index (Phi) is 6.21. The number of carbonyl (C=O) groups is 3. The molecule has 7 heteroatoms. The van der Waals surface area contributed by atoms with Crippen molar-refractivity contribution < 1.29 is 24.2 Å². The Bertz CT molecular complexity index is 489. The van der Waals surface area contributed by atoms with E-state index in [1.807, 2.05) is 6.92 Å². The maximum Gasteiger partial charge on any atom is 0.313 e. The number of rotatable bonds is 7. The molecule has 1 aliphatic carbocycles. The molecule has 24 heavy (non-hydrogen) atoms. The molecular formula is C17H28N2O5. The van der Waals surface area contributed by atoms with Crippen molar-refractivity contribution in [1.82, 2.24) is 10.2 Å². The average Bonchev–Trinajstić information content (AvgIpc) is 3.17. The summed E-state index contributed by atoms with van der Waals surface area (Å²) >= 11 is 0. The van der Waals surface area contributed by atoms with E-state index in [1.165, 1.54) is 7.11 Å². The van der Waals surface area contributed by atoms with Crippen LogP contribution in [0.4, 0.5) is 0 Å². The number of methoxy groups -OCH3 is 1. The van der Waals surface area contributed by atoms with Gasteiger partial charge in [0.15, 0.2) is 0 Å². The van der Waals surface area contributed by atoms with Gasteiger partial charge >= 0.3 is 5.97 Å². The molecule has 1 saturated heterocycles. The summed E-state index contributed by atoms with van der Waals surface area (Å²) in [6.07, 6.45) is 4.63. The smallest absolute Gasteiger partial charge is 0.313 e. The Morgan fingerprint density at radius 1 is 1.33 bits per heavy atom. The van der Waals surface area contributed by atoms with Crippen molar-refractivity contribution in [2.24, 2.45) is 11.3 Å². The Morgan fingerprint density at radius 2 is 2.00 bits per heavy atom. The largest absolute Gasteiger partial charge is 0.481 e. The fourth-order valence-electron chi connectivity index (χ4n) is 3.71. The fraction of sp³-hybridized carbons (Fsp3) is 0.824. The minimum absolute atomic E-state index is 0.0356. The molecule has 0 radical (unpaired) electrons. The highest BCUT2D eigenvalue weighted by Crippen LogP contribution is 2.31. The predicted molar refractivity (Wildman–Crippen MR) is 87.3 cm³/mol. The third-order valence-electron chi connectivity index (χ3n) is 5.18. The summed E-state index contributed by atoms with van der Waals surface area (Å²) in [4.78, 5) is 37.6. The van der Waals surface area contributed by atoms with Gasteiger partial charge in [-0.05, 0) is 26.2 Å². The predicted octanol–water partition coefficient (Wildman–Crippen LogP) is 1.02. The second-order valence-corrected chi connectivity index (χ2v) is 7.18. The van der Waals surface area contributed by atoms with Crippen LogP contribution in [-0.4, -0.2) is 60.6 Å². The summed E-state index contributed by atoms with van der Waals surface area (Å²) in [6.45, 7) is 2.50. The Labute approximate surface area is 142 Å². The third kappa shape index (κ3) is 4.26. The van der Waals surface area contributed by atoms with E-state index in [0.29, 0.717) is 13.0 Å². The van der Waals surface area contributed by atoms with E-state index in [0.717, 1.165) is 25.7 Å². The lowest BCUT2D eigenvalue weighted by Crippen LogP contribution is -2.43. The van der Waals surface area contributed by atoms with Crippen LogP contribution in [0.1, 0.15) is 45.4 Å². The molecule has 1 aliphatic heterocycles. The molecule has 7 nitrogen and oxygen atoms in total. The second kappa shape index (κ2) is 7.96. The molecule has 0 aromatic carbocycles. The number of likely N-dealkylation sites (tertiary alicyclic amines) is 1. The van der Waals surface area contributed by atoms with Crippen LogP contribution in [0.5, 0.6) is 0 Å². The monoisotopic (exact) mass is 340 g/mol. The van der Waals surface area contributed by atoms with Crippen molar-refractivity contribution in [1.29, 1.82) is 0 Å². The zero-order valence-electron chi connectivity index (χ0n) is 14.5. The first-order chi connectivity index (χ1) is 11.4. The summed E-state index contributed by atoms with van der Waals surface area (Å²) in [5.74, 6) is -0.931. The molecule has 2 rings (SSSR count). The van der Waals surface area contributed by atoms with Gasteiger partial charge in [-0.3, -0.25) is 14.4 Å². The summed E-state index contributed by atoms with van der Waals surface area (Å²) in [7, 11) is 1.47. The van der Waals surface area contributed by atoms with Crippen LogP contribution in [0, 0.1) is 11.3 Å². The highest BCUT2D eigenvalue weighted by atomic mass is 16.5. The normalized spacial score (nSPS) is 25.7. The lowest BCUT2D eigenvalue weighted by atomic mass is 9.88. The van der Waals surface area contributed by atoms with E-state index < -0.39 is 11.4 Å². The summed E-state index contributed by atoms with van der Waals surface area (Å²) in [6, 6.07) is -0.243. The first-order valence-corrected chi connectivity index (χ1v) is 8.68. The molecule has 2 unspecified atom stereocenters. The third-order valence-corrected chi connectivity index (χ3v) is 5.18. The molecule has 2 amide bonds. The SMILES string of the molecule is COCC1(C(=O)O)CCN(C(=O)CC(C)NC(=O)C2CCCC2)C1. The van der Waals surface area contributed by atoms with Crippen molar-refractivity contribution in [3.05, 3.63) is 0 Å². The topological polar surface area (TPSA) is 95.9 Å². The maximum absolute atomic E-state index is 12.4. The summed E-state index contributed by atoms with van der Waals surface area (Å²) < 4.78 is 5.03. The molecule has 2 atom stereocenters. The molecular weight excluding hydrogens is 312 g/mol. The molecule has 1 saturated carbocycles. The number of hydrogen-bond donors (Lipinski definition) is 2. The van der Waals surface area contributed by atoms with Crippen LogP contribution in [0.3, 0.4) is 0 Å². The van der Waals surface area contributed by atoms with E-state index >= 15 is 0 Å². The minimum Gasteiger partial charge on any atom is -0.481 e. The van der Waals surface area contributed by atoms with Crippen LogP contribution >= 0.6 is 0 Å². The summed E-state index contributed by atoms with van der Waals surface area (Å²) in [5.41, 5.74) is -1.01. The van der Waals surface area contributed by atoms with Gasteiger partial charge in [-0.1, -0.05) is 12.8 Å². The van der Waals surface area contributed by atoms with Gasteiger partial charge in [0.1, 0.15) is 5.41 Å². The number of carboxylic acid groups (broad SMARTS) is 1. The van der Waals surface area contributed by atoms with Crippen LogP contribution < -0.4 is 5.32 Å². The standard InChI is InChI=1S/C17H28N2O5/c1-12(18-15(21)13-5-3-4-6-13)9-14(20)19-8-7-17(10-19,11-24-2)16(22)23/h12-13H,3-11H2,1-2H3,(H,18,21)(H,22,23). The first-order valence-electron chi connectivity index (χ1n) is 8.68. The van der Waals surface area contributed by atoms with Gasteiger partial charge in [-0.2, -0.15) is 0 Å². The average molecular weight is 340 g/mol. The molecule has 0 aromatic rings. The highest BCUT2D eigenvalue weighted by molar-refractivity contribution is 5.83. The maximum atomic E-state index is 12.4. The quantitative estimate of drug-likeness (QED) is 0.721. The number of hydrogen-bond acceptors (Lipinski definition) is 4. The van der Waals surface area contributed by atoms with Gasteiger partial charge in [0.25, 0.3) is 0 Å². The Hall–Kier alpha value is -1.63. The number of amides is 2. The van der Waals surface area contributed by atoms with Crippen LogP contribution in [-0.2, 0) is 19.1 Å². The molecule has 0 aromatic heterocycles. The van der Waals surface area contributed by atoms with Crippen molar-refractivity contribution in [2.75, 3.05) is 26.8 Å². The Morgan fingerprint density at radius 3 is 2.58 bits per heavy atom. The zero-order chi connectivity index (χ0) is 17.7. The van der Waals surface area contributed by atoms with Gasteiger partial charge in [-0.15, -0.1) is 0 Å². The number of aliphatic carboxylic acids is 1. The number of carbonyl (C=O) groups excluding carboxylic acids is 2. The van der Waals surface area contributed by atoms with E-state index in [9.17, 15) is 19.5 Å². The van der Waals surface area contributed by atoms with Crippen LogP contribution in [0.15, 0.2) is 0 Å². The molecule has 136 valence electrons. The van der Waals surface area contributed by atoms with Gasteiger partial charge in [0.05, 0.1) is 6.61 Å². The molecule has 0 spiro atoms.